The Labute approximate surface area is 182 Å². The van der Waals surface area contributed by atoms with Crippen molar-refractivity contribution in [2.45, 2.75) is 32.2 Å². The summed E-state index contributed by atoms with van der Waals surface area (Å²) in [7, 11) is 1.89. The number of H-pyrrole nitrogens is 1. The van der Waals surface area contributed by atoms with Crippen LogP contribution in [-0.4, -0.2) is 63.0 Å². The van der Waals surface area contributed by atoms with Crippen molar-refractivity contribution in [2.75, 3.05) is 26.7 Å². The first-order valence-corrected chi connectivity index (χ1v) is 10.8. The van der Waals surface area contributed by atoms with Gasteiger partial charge in [0.2, 0.25) is 0 Å². The number of hydrogen-bond acceptors (Lipinski definition) is 4. The quantitative estimate of drug-likeness (QED) is 0.667. The standard InChI is InChI=1S/C24H29N5O2/c1-18-17-26-24(31)29(18)22-8-6-19(7-9-22)23(30)27(2)21-11-15-28(16-12-21)14-10-20-5-3-4-13-25-20/h3-9,13,17,21H,10-12,14-16H2,1-2H3,(H,26,31). The van der Waals surface area contributed by atoms with E-state index < -0.39 is 0 Å². The van der Waals surface area contributed by atoms with Crippen LogP contribution in [0.4, 0.5) is 0 Å². The van der Waals surface area contributed by atoms with Crippen LogP contribution in [0.5, 0.6) is 0 Å². The average molecular weight is 420 g/mol. The molecule has 2 aromatic heterocycles. The fourth-order valence-electron chi connectivity index (χ4n) is 4.25. The molecule has 7 heteroatoms. The predicted molar refractivity (Wildman–Crippen MR) is 121 cm³/mol. The molecule has 0 aliphatic carbocycles. The zero-order valence-corrected chi connectivity index (χ0v) is 18.1. The summed E-state index contributed by atoms with van der Waals surface area (Å²) in [6.07, 6.45) is 6.42. The molecule has 0 unspecified atom stereocenters. The molecule has 7 nitrogen and oxygen atoms in total. The van der Waals surface area contributed by atoms with Crippen LogP contribution >= 0.6 is 0 Å². The molecule has 0 atom stereocenters. The molecular formula is C24H29N5O2. The number of likely N-dealkylation sites (tertiary alicyclic amines) is 1. The second-order valence-electron chi connectivity index (χ2n) is 8.18. The van der Waals surface area contributed by atoms with Gasteiger partial charge in [0, 0.05) is 68.5 Å². The lowest BCUT2D eigenvalue weighted by atomic mass is 10.0. The first-order chi connectivity index (χ1) is 15.0. The number of carbonyl (C=O) groups is 1. The Bertz CT molecular complexity index is 1060. The van der Waals surface area contributed by atoms with Gasteiger partial charge >= 0.3 is 5.69 Å². The van der Waals surface area contributed by atoms with Gasteiger partial charge in [0.25, 0.3) is 5.91 Å². The minimum Gasteiger partial charge on any atom is -0.339 e. The molecule has 1 amide bonds. The number of nitrogens with one attached hydrogen (secondary N) is 1. The smallest absolute Gasteiger partial charge is 0.330 e. The van der Waals surface area contributed by atoms with Gasteiger partial charge in [-0.15, -0.1) is 0 Å². The number of pyridine rings is 1. The molecule has 3 aromatic rings. The SMILES string of the molecule is Cc1c[nH]c(=O)n1-c1ccc(C(=O)N(C)C2CCN(CCc3ccccn3)CC2)cc1. The molecule has 0 spiro atoms. The van der Waals surface area contributed by atoms with Crippen LogP contribution < -0.4 is 5.69 Å². The zero-order valence-electron chi connectivity index (χ0n) is 18.1. The van der Waals surface area contributed by atoms with Crippen molar-refractivity contribution in [3.05, 3.63) is 82.3 Å². The molecule has 162 valence electrons. The van der Waals surface area contributed by atoms with Crippen molar-refractivity contribution >= 4 is 5.91 Å². The van der Waals surface area contributed by atoms with Crippen molar-refractivity contribution < 1.29 is 4.79 Å². The lowest BCUT2D eigenvalue weighted by Crippen LogP contribution is -2.46. The van der Waals surface area contributed by atoms with E-state index in [2.05, 4.69) is 20.9 Å². The average Bonchev–Trinajstić information content (AvgIpc) is 3.15. The van der Waals surface area contributed by atoms with Crippen molar-refractivity contribution in [3.8, 4) is 5.69 Å². The highest BCUT2D eigenvalue weighted by Gasteiger charge is 2.26. The summed E-state index contributed by atoms with van der Waals surface area (Å²) in [6.45, 7) is 4.85. The second-order valence-corrected chi connectivity index (χ2v) is 8.18. The Kier molecular flexibility index (Phi) is 6.32. The fraction of sp³-hybridized carbons (Fsp3) is 0.375. The third kappa shape index (κ3) is 4.77. The van der Waals surface area contributed by atoms with Crippen LogP contribution in [0.1, 0.15) is 34.6 Å². The number of benzene rings is 1. The Morgan fingerprint density at radius 2 is 1.90 bits per heavy atom. The molecule has 31 heavy (non-hydrogen) atoms. The van der Waals surface area contributed by atoms with Gasteiger partial charge in [0.1, 0.15) is 0 Å². The van der Waals surface area contributed by atoms with Crippen LogP contribution in [0.3, 0.4) is 0 Å². The van der Waals surface area contributed by atoms with Gasteiger partial charge in [-0.3, -0.25) is 14.3 Å². The molecular weight excluding hydrogens is 390 g/mol. The maximum atomic E-state index is 13.0. The van der Waals surface area contributed by atoms with E-state index in [0.717, 1.165) is 56.0 Å². The molecule has 1 N–H and O–H groups in total. The van der Waals surface area contributed by atoms with Gasteiger partial charge in [-0.1, -0.05) is 6.07 Å². The summed E-state index contributed by atoms with van der Waals surface area (Å²) in [4.78, 5) is 36.4. The van der Waals surface area contributed by atoms with Crippen LogP contribution in [0.2, 0.25) is 0 Å². The number of amides is 1. The maximum absolute atomic E-state index is 13.0. The Morgan fingerprint density at radius 1 is 1.16 bits per heavy atom. The molecule has 1 saturated heterocycles. The van der Waals surface area contributed by atoms with Gasteiger partial charge in [0.15, 0.2) is 0 Å². The number of aromatic nitrogens is 3. The summed E-state index contributed by atoms with van der Waals surface area (Å²) in [5.41, 5.74) is 3.17. The summed E-state index contributed by atoms with van der Waals surface area (Å²) >= 11 is 0. The Balaban J connectivity index is 1.32. The van der Waals surface area contributed by atoms with Gasteiger partial charge in [0.05, 0.1) is 5.69 Å². The number of aromatic amines is 1. The lowest BCUT2D eigenvalue weighted by molar-refractivity contribution is 0.0643. The first-order valence-electron chi connectivity index (χ1n) is 10.8. The molecule has 4 rings (SSSR count). The number of piperidine rings is 1. The number of imidazole rings is 1. The summed E-state index contributed by atoms with van der Waals surface area (Å²) in [5, 5.41) is 0. The number of hydrogen-bond donors (Lipinski definition) is 1. The van der Waals surface area contributed by atoms with E-state index in [1.54, 1.807) is 22.9 Å². The normalized spacial score (nSPS) is 15.2. The van der Waals surface area contributed by atoms with E-state index in [1.165, 1.54) is 0 Å². The van der Waals surface area contributed by atoms with E-state index in [0.29, 0.717) is 5.56 Å². The summed E-state index contributed by atoms with van der Waals surface area (Å²) in [5.74, 6) is 0.0247. The fourth-order valence-corrected chi connectivity index (χ4v) is 4.25. The van der Waals surface area contributed by atoms with Gasteiger partial charge in [-0.25, -0.2) is 4.79 Å². The van der Waals surface area contributed by atoms with Crippen LogP contribution in [0.15, 0.2) is 59.7 Å². The molecule has 1 fully saturated rings. The first kappa shape index (κ1) is 21.1. The van der Waals surface area contributed by atoms with Gasteiger partial charge < -0.3 is 14.8 Å². The van der Waals surface area contributed by atoms with Crippen molar-refractivity contribution in [1.29, 1.82) is 0 Å². The third-order valence-corrected chi connectivity index (χ3v) is 6.17. The maximum Gasteiger partial charge on any atom is 0.330 e. The molecule has 1 aliphatic heterocycles. The van der Waals surface area contributed by atoms with Gasteiger partial charge in [-0.05, 0) is 56.2 Å². The topological polar surface area (TPSA) is 74.2 Å². The van der Waals surface area contributed by atoms with Crippen molar-refractivity contribution in [1.82, 2.24) is 24.3 Å². The predicted octanol–water partition coefficient (Wildman–Crippen LogP) is 2.65. The van der Waals surface area contributed by atoms with Crippen molar-refractivity contribution in [3.63, 3.8) is 0 Å². The second kappa shape index (κ2) is 9.31. The number of carbonyl (C=O) groups excluding carboxylic acids is 1. The van der Waals surface area contributed by atoms with E-state index in [4.69, 9.17) is 0 Å². The summed E-state index contributed by atoms with van der Waals surface area (Å²) < 4.78 is 1.60. The number of aryl methyl sites for hydroxylation is 1. The van der Waals surface area contributed by atoms with Crippen LogP contribution in [0, 0.1) is 6.92 Å². The van der Waals surface area contributed by atoms with Crippen LogP contribution in [0.25, 0.3) is 5.69 Å². The molecule has 0 radical (unpaired) electrons. The van der Waals surface area contributed by atoms with E-state index in [1.807, 2.05) is 49.3 Å². The molecule has 1 aliphatic rings. The molecule has 0 bridgehead atoms. The molecule has 1 aromatic carbocycles. The highest BCUT2D eigenvalue weighted by atomic mass is 16.2. The summed E-state index contributed by atoms with van der Waals surface area (Å²) in [6, 6.07) is 13.5. The zero-order chi connectivity index (χ0) is 21.8. The Morgan fingerprint density at radius 3 is 2.52 bits per heavy atom. The minimum absolute atomic E-state index is 0.0247. The molecule has 0 saturated carbocycles. The third-order valence-electron chi connectivity index (χ3n) is 6.17. The van der Waals surface area contributed by atoms with E-state index in [9.17, 15) is 9.59 Å². The number of nitrogens with zero attached hydrogens (tertiary/aromatic N) is 4. The highest BCUT2D eigenvalue weighted by Crippen LogP contribution is 2.19. The largest absolute Gasteiger partial charge is 0.339 e. The Hall–Kier alpha value is -3.19. The van der Waals surface area contributed by atoms with Crippen molar-refractivity contribution in [2.24, 2.45) is 0 Å². The van der Waals surface area contributed by atoms with Crippen LogP contribution in [-0.2, 0) is 6.42 Å². The highest BCUT2D eigenvalue weighted by molar-refractivity contribution is 5.94. The van der Waals surface area contributed by atoms with E-state index in [-0.39, 0.29) is 17.6 Å². The van der Waals surface area contributed by atoms with E-state index >= 15 is 0 Å². The minimum atomic E-state index is -0.177. The number of rotatable bonds is 6. The monoisotopic (exact) mass is 419 g/mol. The molecule has 3 heterocycles. The van der Waals surface area contributed by atoms with Gasteiger partial charge in [-0.2, -0.15) is 0 Å². The lowest BCUT2D eigenvalue weighted by Gasteiger charge is -2.36.